The summed E-state index contributed by atoms with van der Waals surface area (Å²) in [5.74, 6) is 0. The Bertz CT molecular complexity index is 2100. The molecule has 0 bridgehead atoms. The summed E-state index contributed by atoms with van der Waals surface area (Å²) in [5, 5.41) is 2.61. The average molecular weight is 835 g/mol. The standard InChI is InChI=1S/C28H26N.C19H24N.Ir/c1-27(2,3)20-11-8-10-19(17-20)26-25-22(15-16-29-26)24-21-12-7-6-9-18(21)13-14-23(24)28(25,4)5;1-18(2,3)15-9-7-8-14(12-15)17-13-16(10-11-20-17)19(4,5)6;/h6-9,11-17H,1-5H3;7,9-13H,1-6H3;/q2*-1;. The molecule has 1 aliphatic rings. The molecule has 1 aliphatic carbocycles. The van der Waals surface area contributed by atoms with Crippen LogP contribution in [0.15, 0.2) is 103 Å². The Morgan fingerprint density at radius 2 is 1.14 bits per heavy atom. The van der Waals surface area contributed by atoms with Crippen LogP contribution in [-0.4, -0.2) is 9.97 Å². The molecule has 0 spiro atoms. The molecule has 3 heteroatoms. The van der Waals surface area contributed by atoms with Crippen molar-refractivity contribution < 1.29 is 20.1 Å². The SMILES string of the molecule is CC(C)(C)c1cc[c-]c(-c2cc(C(C)(C)C)ccn2)c1.CC(C)(C)c1cc[c-]c(-c2nccc3c2C(C)(C)c2ccc4ccccc4c2-3)c1.[Ir]. The molecule has 6 aromatic rings. The summed E-state index contributed by atoms with van der Waals surface area (Å²) in [6.07, 6.45) is 3.85. The molecule has 0 fully saturated rings. The molecule has 4 aromatic carbocycles. The smallest absolute Gasteiger partial charge is 0.0167 e. The molecule has 1 radical (unpaired) electrons. The van der Waals surface area contributed by atoms with Crippen LogP contribution in [-0.2, 0) is 41.8 Å². The minimum absolute atomic E-state index is 0. The molecule has 2 aromatic heterocycles. The second-order valence-corrected chi connectivity index (χ2v) is 17.1. The van der Waals surface area contributed by atoms with Gasteiger partial charge in [0.1, 0.15) is 0 Å². The zero-order valence-corrected chi connectivity index (χ0v) is 33.9. The summed E-state index contributed by atoms with van der Waals surface area (Å²) in [6, 6.07) is 39.3. The van der Waals surface area contributed by atoms with Crippen LogP contribution in [0.2, 0.25) is 0 Å². The van der Waals surface area contributed by atoms with E-state index in [9.17, 15) is 0 Å². The fourth-order valence-corrected chi connectivity index (χ4v) is 6.92. The molecule has 2 nitrogen and oxygen atoms in total. The van der Waals surface area contributed by atoms with Crippen LogP contribution in [0.3, 0.4) is 0 Å². The van der Waals surface area contributed by atoms with Crippen LogP contribution >= 0.6 is 0 Å². The first kappa shape index (κ1) is 37.3. The van der Waals surface area contributed by atoms with E-state index in [1.54, 1.807) is 0 Å². The fourth-order valence-electron chi connectivity index (χ4n) is 6.92. The molecule has 0 atom stereocenters. The fraction of sp³-hybridized carbons (Fsp3) is 0.319. The van der Waals surface area contributed by atoms with Gasteiger partial charge in [-0.25, -0.2) is 0 Å². The quantitative estimate of drug-likeness (QED) is 0.162. The van der Waals surface area contributed by atoms with E-state index < -0.39 is 0 Å². The second kappa shape index (κ2) is 13.7. The first-order chi connectivity index (χ1) is 23.0. The molecule has 0 saturated heterocycles. The number of nitrogens with zero attached hydrogens (tertiary/aromatic N) is 2. The van der Waals surface area contributed by atoms with Crippen LogP contribution < -0.4 is 0 Å². The summed E-state index contributed by atoms with van der Waals surface area (Å²) < 4.78 is 0. The Hall–Kier alpha value is -3.91. The third-order valence-corrected chi connectivity index (χ3v) is 9.94. The van der Waals surface area contributed by atoms with Crippen molar-refractivity contribution in [3.63, 3.8) is 0 Å². The van der Waals surface area contributed by atoms with Gasteiger partial charge in [0, 0.05) is 37.9 Å². The Balaban J connectivity index is 0.000000204. The topological polar surface area (TPSA) is 25.8 Å². The number of rotatable bonds is 2. The van der Waals surface area contributed by atoms with Crippen molar-refractivity contribution in [3.05, 3.63) is 143 Å². The van der Waals surface area contributed by atoms with Gasteiger partial charge in [-0.15, -0.1) is 70.8 Å². The molecule has 2 heterocycles. The molecule has 0 N–H and O–H groups in total. The van der Waals surface area contributed by atoms with E-state index in [0.717, 1.165) is 22.5 Å². The monoisotopic (exact) mass is 835 g/mol. The number of aromatic nitrogens is 2. The number of pyridine rings is 2. The van der Waals surface area contributed by atoms with Gasteiger partial charge in [0.2, 0.25) is 0 Å². The van der Waals surface area contributed by atoms with Gasteiger partial charge in [-0.1, -0.05) is 119 Å². The van der Waals surface area contributed by atoms with Crippen LogP contribution in [0, 0.1) is 12.1 Å². The summed E-state index contributed by atoms with van der Waals surface area (Å²) in [4.78, 5) is 9.39. The van der Waals surface area contributed by atoms with Crippen molar-refractivity contribution in [2.24, 2.45) is 0 Å². The largest absolute Gasteiger partial charge is 0.305 e. The zero-order valence-electron chi connectivity index (χ0n) is 31.5. The van der Waals surface area contributed by atoms with E-state index in [1.807, 2.05) is 24.5 Å². The van der Waals surface area contributed by atoms with Crippen molar-refractivity contribution in [1.29, 1.82) is 0 Å². The number of fused-ring (bicyclic) bond motifs is 5. The van der Waals surface area contributed by atoms with Gasteiger partial charge in [-0.3, -0.25) is 0 Å². The molecular weight excluding hydrogens is 785 g/mol. The van der Waals surface area contributed by atoms with E-state index in [2.05, 4.69) is 172 Å². The maximum atomic E-state index is 4.87. The first-order valence-electron chi connectivity index (χ1n) is 17.5. The summed E-state index contributed by atoms with van der Waals surface area (Å²) >= 11 is 0. The third kappa shape index (κ3) is 7.27. The van der Waals surface area contributed by atoms with E-state index in [4.69, 9.17) is 4.98 Å². The van der Waals surface area contributed by atoms with Gasteiger partial charge >= 0.3 is 0 Å². The predicted molar refractivity (Wildman–Crippen MR) is 208 cm³/mol. The summed E-state index contributed by atoms with van der Waals surface area (Å²) in [7, 11) is 0. The van der Waals surface area contributed by atoms with Crippen LogP contribution in [0.25, 0.3) is 44.4 Å². The molecule has 0 aliphatic heterocycles. The van der Waals surface area contributed by atoms with Crippen LogP contribution in [0.4, 0.5) is 0 Å². The van der Waals surface area contributed by atoms with Crippen molar-refractivity contribution in [2.75, 3.05) is 0 Å². The Kier molecular flexibility index (Phi) is 10.2. The maximum absolute atomic E-state index is 4.87. The minimum Gasteiger partial charge on any atom is -0.305 e. The number of hydrogen-bond acceptors (Lipinski definition) is 2. The van der Waals surface area contributed by atoms with E-state index in [-0.39, 0.29) is 41.8 Å². The molecule has 0 unspecified atom stereocenters. The van der Waals surface area contributed by atoms with Gasteiger partial charge in [-0.2, -0.15) is 0 Å². The number of hydrogen-bond donors (Lipinski definition) is 0. The summed E-state index contributed by atoms with van der Waals surface area (Å²) in [6.45, 7) is 24.8. The van der Waals surface area contributed by atoms with Crippen LogP contribution in [0.1, 0.15) is 104 Å². The molecule has 0 amide bonds. The molecule has 7 rings (SSSR count). The molecule has 0 saturated carbocycles. The van der Waals surface area contributed by atoms with E-state index >= 15 is 0 Å². The van der Waals surface area contributed by atoms with Crippen molar-refractivity contribution in [3.8, 4) is 33.6 Å². The third-order valence-electron chi connectivity index (χ3n) is 9.94. The van der Waals surface area contributed by atoms with Crippen LogP contribution in [0.5, 0.6) is 0 Å². The van der Waals surface area contributed by atoms with Gasteiger partial charge in [0.25, 0.3) is 0 Å². The molecule has 50 heavy (non-hydrogen) atoms. The number of benzene rings is 4. The Morgan fingerprint density at radius 3 is 1.78 bits per heavy atom. The van der Waals surface area contributed by atoms with Crippen molar-refractivity contribution in [1.82, 2.24) is 9.97 Å². The zero-order chi connectivity index (χ0) is 35.4. The second-order valence-electron chi connectivity index (χ2n) is 17.1. The van der Waals surface area contributed by atoms with Gasteiger partial charge in [0.05, 0.1) is 0 Å². The molecular formula is C47H50IrN2-2. The maximum Gasteiger partial charge on any atom is 0.0167 e. The van der Waals surface area contributed by atoms with E-state index in [1.165, 1.54) is 49.7 Å². The average Bonchev–Trinajstić information content (AvgIpc) is 3.31. The summed E-state index contributed by atoms with van der Waals surface area (Å²) in [5.41, 5.74) is 13.8. The van der Waals surface area contributed by atoms with Crippen molar-refractivity contribution in [2.45, 2.75) is 97.8 Å². The van der Waals surface area contributed by atoms with Gasteiger partial charge in [-0.05, 0) is 78.4 Å². The van der Waals surface area contributed by atoms with Gasteiger partial charge < -0.3 is 9.97 Å². The predicted octanol–water partition coefficient (Wildman–Crippen LogP) is 12.4. The van der Waals surface area contributed by atoms with E-state index in [0.29, 0.717) is 0 Å². The Morgan fingerprint density at radius 1 is 0.580 bits per heavy atom. The first-order valence-corrected chi connectivity index (χ1v) is 17.5. The Labute approximate surface area is 314 Å². The minimum atomic E-state index is -0.107. The molecule has 259 valence electrons. The normalized spacial score (nSPS) is 13.5. The van der Waals surface area contributed by atoms with Gasteiger partial charge in [0.15, 0.2) is 0 Å². The van der Waals surface area contributed by atoms with Crippen molar-refractivity contribution >= 4 is 10.8 Å².